The summed E-state index contributed by atoms with van der Waals surface area (Å²) in [6.45, 7) is 6.23. The van der Waals surface area contributed by atoms with Crippen LogP contribution >= 0.6 is 11.3 Å². The van der Waals surface area contributed by atoms with Crippen LogP contribution in [0.3, 0.4) is 0 Å². The van der Waals surface area contributed by atoms with Gasteiger partial charge in [-0.05, 0) is 31.9 Å². The number of aryl methyl sites for hydroxylation is 3. The van der Waals surface area contributed by atoms with Crippen molar-refractivity contribution in [3.8, 4) is 11.8 Å². The maximum absolute atomic E-state index is 9.12. The minimum Gasteiger partial charge on any atom is -0.486 e. The first-order valence-corrected chi connectivity index (χ1v) is 7.36. The lowest BCUT2D eigenvalue weighted by Gasteiger charge is -2.10. The molecule has 6 heteroatoms. The Hall–Kier alpha value is -2.39. The molecule has 0 bridgehead atoms. The van der Waals surface area contributed by atoms with E-state index >= 15 is 0 Å². The van der Waals surface area contributed by atoms with Gasteiger partial charge in [-0.25, -0.2) is 4.98 Å². The zero-order valence-electron chi connectivity index (χ0n) is 12.0. The first-order chi connectivity index (χ1) is 10.1. The largest absolute Gasteiger partial charge is 0.486 e. The maximum atomic E-state index is 9.12. The van der Waals surface area contributed by atoms with Crippen LogP contribution in [0.2, 0.25) is 0 Å². The van der Waals surface area contributed by atoms with Crippen molar-refractivity contribution in [2.24, 2.45) is 0 Å². The van der Waals surface area contributed by atoms with Crippen LogP contribution in [0.1, 0.15) is 27.5 Å². The molecule has 0 aliphatic heterocycles. The van der Waals surface area contributed by atoms with Gasteiger partial charge in [0.2, 0.25) is 4.96 Å². The number of para-hydroxylation sites is 1. The first-order valence-electron chi connectivity index (χ1n) is 6.54. The van der Waals surface area contributed by atoms with Crippen molar-refractivity contribution in [3.05, 3.63) is 45.7 Å². The Kier molecular flexibility index (Phi) is 3.35. The molecule has 2 aromatic heterocycles. The number of aromatic nitrogens is 3. The Morgan fingerprint density at radius 2 is 2.00 bits per heavy atom. The van der Waals surface area contributed by atoms with Gasteiger partial charge in [-0.15, -0.1) is 0 Å². The van der Waals surface area contributed by atoms with Crippen LogP contribution in [-0.2, 0) is 6.61 Å². The highest BCUT2D eigenvalue weighted by Gasteiger charge is 2.14. The standard InChI is InChI=1S/C15H14N4OS/c1-9-5-4-6-10(2)14(9)20-8-13-18-19-12(7-16)11(3)17-15(19)21-13/h4-6H,8H2,1-3H3. The molecule has 3 aromatic rings. The van der Waals surface area contributed by atoms with Crippen LogP contribution < -0.4 is 4.74 Å². The summed E-state index contributed by atoms with van der Waals surface area (Å²) >= 11 is 1.44. The summed E-state index contributed by atoms with van der Waals surface area (Å²) < 4.78 is 7.47. The molecule has 106 valence electrons. The van der Waals surface area contributed by atoms with Crippen molar-refractivity contribution >= 4 is 16.3 Å². The summed E-state index contributed by atoms with van der Waals surface area (Å²) in [6, 6.07) is 8.18. The second-order valence-electron chi connectivity index (χ2n) is 4.86. The minimum absolute atomic E-state index is 0.379. The number of ether oxygens (including phenoxy) is 1. The molecular formula is C15H14N4OS. The summed E-state index contributed by atoms with van der Waals surface area (Å²) in [4.78, 5) is 5.06. The minimum atomic E-state index is 0.379. The van der Waals surface area contributed by atoms with Gasteiger partial charge in [-0.3, -0.25) is 0 Å². The molecule has 0 saturated carbocycles. The van der Waals surface area contributed by atoms with Crippen molar-refractivity contribution < 1.29 is 4.74 Å². The predicted octanol–water partition coefficient (Wildman–Crippen LogP) is 3.17. The van der Waals surface area contributed by atoms with E-state index in [4.69, 9.17) is 10.00 Å². The lowest BCUT2D eigenvalue weighted by Crippen LogP contribution is -2.00. The fourth-order valence-electron chi connectivity index (χ4n) is 2.24. The first kappa shape index (κ1) is 13.6. The molecule has 1 aromatic carbocycles. The van der Waals surface area contributed by atoms with E-state index in [1.807, 2.05) is 39.0 Å². The number of rotatable bonds is 3. The van der Waals surface area contributed by atoms with Gasteiger partial charge >= 0.3 is 0 Å². The number of benzene rings is 1. The average molecular weight is 298 g/mol. The second-order valence-corrected chi connectivity index (χ2v) is 5.90. The van der Waals surface area contributed by atoms with Crippen LogP contribution in [0.4, 0.5) is 0 Å². The highest BCUT2D eigenvalue weighted by atomic mass is 32.1. The molecule has 0 unspecified atom stereocenters. The van der Waals surface area contributed by atoms with Gasteiger partial charge in [0, 0.05) is 0 Å². The van der Waals surface area contributed by atoms with Gasteiger partial charge in [0.25, 0.3) is 0 Å². The molecule has 0 spiro atoms. The third kappa shape index (κ3) is 2.36. The number of imidazole rings is 1. The number of nitrogens with zero attached hydrogens (tertiary/aromatic N) is 4. The van der Waals surface area contributed by atoms with E-state index in [9.17, 15) is 0 Å². The summed E-state index contributed by atoms with van der Waals surface area (Å²) in [6.07, 6.45) is 0. The van der Waals surface area contributed by atoms with E-state index in [0.29, 0.717) is 18.0 Å². The highest BCUT2D eigenvalue weighted by Crippen LogP contribution is 2.25. The van der Waals surface area contributed by atoms with Gasteiger partial charge in [0.1, 0.15) is 18.4 Å². The summed E-state index contributed by atoms with van der Waals surface area (Å²) in [5.74, 6) is 0.891. The quantitative estimate of drug-likeness (QED) is 0.745. The Morgan fingerprint density at radius 3 is 2.67 bits per heavy atom. The van der Waals surface area contributed by atoms with Crippen LogP contribution in [-0.4, -0.2) is 14.6 Å². The van der Waals surface area contributed by atoms with Crippen molar-refractivity contribution in [2.45, 2.75) is 27.4 Å². The van der Waals surface area contributed by atoms with E-state index in [2.05, 4.69) is 16.2 Å². The Bertz CT molecular complexity index is 836. The highest BCUT2D eigenvalue weighted by molar-refractivity contribution is 7.16. The molecule has 0 N–H and O–H groups in total. The van der Waals surface area contributed by atoms with E-state index in [1.165, 1.54) is 11.3 Å². The van der Waals surface area contributed by atoms with Crippen LogP contribution in [0.25, 0.3) is 4.96 Å². The number of fused-ring (bicyclic) bond motifs is 1. The summed E-state index contributed by atoms with van der Waals surface area (Å²) in [5.41, 5.74) is 3.40. The molecule has 0 saturated heterocycles. The lowest BCUT2D eigenvalue weighted by atomic mass is 10.1. The van der Waals surface area contributed by atoms with Crippen molar-refractivity contribution in [1.82, 2.24) is 14.6 Å². The Labute approximate surface area is 126 Å². The molecule has 0 amide bonds. The smallest absolute Gasteiger partial charge is 0.213 e. The van der Waals surface area contributed by atoms with Crippen LogP contribution in [0.15, 0.2) is 18.2 Å². The van der Waals surface area contributed by atoms with Crippen LogP contribution in [0, 0.1) is 32.1 Å². The number of nitriles is 1. The zero-order chi connectivity index (χ0) is 15.0. The second kappa shape index (κ2) is 5.19. The van der Waals surface area contributed by atoms with Gasteiger partial charge in [0.05, 0.1) is 5.69 Å². The molecule has 0 fully saturated rings. The third-order valence-corrected chi connectivity index (χ3v) is 4.16. The van der Waals surface area contributed by atoms with E-state index < -0.39 is 0 Å². The fourth-order valence-corrected chi connectivity index (χ4v) is 3.09. The Morgan fingerprint density at radius 1 is 1.29 bits per heavy atom. The Balaban J connectivity index is 1.86. The fraction of sp³-hybridized carbons (Fsp3) is 0.267. The van der Waals surface area contributed by atoms with E-state index in [-0.39, 0.29) is 0 Å². The van der Waals surface area contributed by atoms with Gasteiger partial charge in [-0.2, -0.15) is 14.9 Å². The normalized spacial score (nSPS) is 10.8. The number of hydrogen-bond donors (Lipinski definition) is 0. The summed E-state index contributed by atoms with van der Waals surface area (Å²) in [5, 5.41) is 14.3. The molecule has 0 radical (unpaired) electrons. The third-order valence-electron chi connectivity index (χ3n) is 3.27. The maximum Gasteiger partial charge on any atom is 0.213 e. The molecule has 0 aliphatic rings. The van der Waals surface area contributed by atoms with Crippen molar-refractivity contribution in [3.63, 3.8) is 0 Å². The predicted molar refractivity (Wildman–Crippen MR) is 80.6 cm³/mol. The van der Waals surface area contributed by atoms with Crippen molar-refractivity contribution in [2.75, 3.05) is 0 Å². The lowest BCUT2D eigenvalue weighted by molar-refractivity contribution is 0.300. The van der Waals surface area contributed by atoms with E-state index in [1.54, 1.807) is 4.52 Å². The average Bonchev–Trinajstić information content (AvgIpc) is 2.94. The summed E-state index contributed by atoms with van der Waals surface area (Å²) in [7, 11) is 0. The SMILES string of the molecule is Cc1cccc(C)c1OCc1nn2c(C#N)c(C)nc2s1. The zero-order valence-corrected chi connectivity index (χ0v) is 12.9. The molecule has 3 rings (SSSR count). The van der Waals surface area contributed by atoms with Gasteiger partial charge in [0.15, 0.2) is 10.7 Å². The van der Waals surface area contributed by atoms with Crippen molar-refractivity contribution in [1.29, 1.82) is 5.26 Å². The van der Waals surface area contributed by atoms with E-state index in [0.717, 1.165) is 26.8 Å². The molecular weight excluding hydrogens is 284 g/mol. The topological polar surface area (TPSA) is 63.2 Å². The van der Waals surface area contributed by atoms with Gasteiger partial charge in [-0.1, -0.05) is 29.5 Å². The molecule has 21 heavy (non-hydrogen) atoms. The van der Waals surface area contributed by atoms with Gasteiger partial charge < -0.3 is 4.74 Å². The molecule has 5 nitrogen and oxygen atoms in total. The molecule has 0 atom stereocenters. The number of hydrogen-bond acceptors (Lipinski definition) is 5. The molecule has 2 heterocycles. The van der Waals surface area contributed by atoms with Crippen LogP contribution in [0.5, 0.6) is 5.75 Å². The monoisotopic (exact) mass is 298 g/mol. The molecule has 0 aliphatic carbocycles.